The van der Waals surface area contributed by atoms with Crippen LogP contribution in [0.1, 0.15) is 23.9 Å². The van der Waals surface area contributed by atoms with E-state index in [1.54, 1.807) is 6.08 Å². The predicted octanol–water partition coefficient (Wildman–Crippen LogP) is 10.1. The molecule has 1 heterocycles. The van der Waals surface area contributed by atoms with E-state index in [4.69, 9.17) is 15.0 Å². The van der Waals surface area contributed by atoms with Gasteiger partial charge in [0, 0.05) is 11.1 Å². The van der Waals surface area contributed by atoms with E-state index in [9.17, 15) is 10.5 Å². The summed E-state index contributed by atoms with van der Waals surface area (Å²) in [7, 11) is 0. The van der Waals surface area contributed by atoms with Gasteiger partial charge in [-0.15, -0.1) is 0 Å². The van der Waals surface area contributed by atoms with Crippen LogP contribution >= 0.6 is 0 Å². The summed E-state index contributed by atoms with van der Waals surface area (Å²) in [6.07, 6.45) is 7.47. The molecule has 0 spiro atoms. The average molecular weight is 604 g/mol. The van der Waals surface area contributed by atoms with Crippen LogP contribution in [0.25, 0.3) is 61.7 Å². The topological polar surface area (TPSA) is 86.2 Å². The summed E-state index contributed by atoms with van der Waals surface area (Å²) in [6.45, 7) is 5.74. The fourth-order valence-electron chi connectivity index (χ4n) is 5.17. The van der Waals surface area contributed by atoms with Crippen LogP contribution in [-0.4, -0.2) is 15.0 Å². The van der Waals surface area contributed by atoms with E-state index in [2.05, 4.69) is 61.2 Å². The molecule has 0 N–H and O–H groups in total. The number of nitrogens with zero attached hydrogens (tertiary/aromatic N) is 5. The van der Waals surface area contributed by atoms with E-state index in [1.165, 1.54) is 0 Å². The van der Waals surface area contributed by atoms with Gasteiger partial charge >= 0.3 is 0 Å². The van der Waals surface area contributed by atoms with Crippen molar-refractivity contribution in [2.24, 2.45) is 0 Å². The highest BCUT2D eigenvalue weighted by atomic mass is 15.0. The molecule has 5 nitrogen and oxygen atoms in total. The molecule has 6 rings (SSSR count). The smallest absolute Gasteiger partial charge is 0.164 e. The third-order valence-electron chi connectivity index (χ3n) is 7.72. The molecule has 0 bridgehead atoms. The second kappa shape index (κ2) is 13.9. The number of allylic oxidation sites excluding steroid dienone is 5. The second-order valence-electron chi connectivity index (χ2n) is 10.9. The zero-order valence-electron chi connectivity index (χ0n) is 25.8. The van der Waals surface area contributed by atoms with Crippen LogP contribution in [0, 0.1) is 22.7 Å². The summed E-state index contributed by atoms with van der Waals surface area (Å²) in [6, 6.07) is 44.1. The van der Waals surface area contributed by atoms with Crippen LogP contribution in [0.2, 0.25) is 0 Å². The molecule has 0 aliphatic heterocycles. The molecule has 0 radical (unpaired) electrons. The van der Waals surface area contributed by atoms with E-state index >= 15 is 0 Å². The predicted molar refractivity (Wildman–Crippen MR) is 189 cm³/mol. The fraction of sp³-hybridized carbons (Fsp3) is 0.0238. The maximum Gasteiger partial charge on any atom is 0.164 e. The van der Waals surface area contributed by atoms with Crippen molar-refractivity contribution in [1.29, 1.82) is 10.5 Å². The minimum absolute atomic E-state index is 0.556. The minimum atomic E-state index is 0.556. The Morgan fingerprint density at radius 1 is 0.532 bits per heavy atom. The monoisotopic (exact) mass is 603 g/mol. The first-order chi connectivity index (χ1) is 23.0. The van der Waals surface area contributed by atoms with Crippen molar-refractivity contribution in [1.82, 2.24) is 15.0 Å². The van der Waals surface area contributed by atoms with E-state index < -0.39 is 0 Å². The zero-order valence-corrected chi connectivity index (χ0v) is 25.8. The van der Waals surface area contributed by atoms with Crippen molar-refractivity contribution in [2.45, 2.75) is 6.92 Å². The van der Waals surface area contributed by atoms with Gasteiger partial charge in [0.1, 0.15) is 0 Å². The number of hydrogen-bond donors (Lipinski definition) is 0. The van der Waals surface area contributed by atoms with Gasteiger partial charge in [-0.1, -0.05) is 110 Å². The number of rotatable bonds is 8. The van der Waals surface area contributed by atoms with Crippen LogP contribution in [0.4, 0.5) is 0 Å². The van der Waals surface area contributed by atoms with Gasteiger partial charge in [-0.05, 0) is 88.3 Å². The summed E-state index contributed by atoms with van der Waals surface area (Å²) < 4.78 is 0. The number of hydrogen-bond acceptors (Lipinski definition) is 5. The molecule has 0 saturated carbocycles. The lowest BCUT2D eigenvalue weighted by Crippen LogP contribution is -2.02. The Hall–Kier alpha value is -6.69. The van der Waals surface area contributed by atoms with E-state index in [0.29, 0.717) is 28.6 Å². The Morgan fingerprint density at radius 2 is 0.979 bits per heavy atom. The van der Waals surface area contributed by atoms with Crippen LogP contribution < -0.4 is 0 Å². The molecule has 5 aromatic carbocycles. The fourth-order valence-corrected chi connectivity index (χ4v) is 5.17. The largest absolute Gasteiger partial charge is 0.209 e. The van der Waals surface area contributed by atoms with Crippen LogP contribution in [0.3, 0.4) is 0 Å². The lowest BCUT2D eigenvalue weighted by atomic mass is 9.94. The van der Waals surface area contributed by atoms with E-state index in [-0.39, 0.29) is 0 Å². The summed E-state index contributed by atoms with van der Waals surface area (Å²) in [5.41, 5.74) is 9.95. The lowest BCUT2D eigenvalue weighted by Gasteiger charge is -2.13. The minimum Gasteiger partial charge on any atom is -0.209 e. The zero-order chi connectivity index (χ0) is 32.6. The maximum absolute atomic E-state index is 9.37. The SMILES string of the molecule is C=C/C=C\C=C(/C)c1nc(-c2ccccc2)nc(-c2cc(-c3ccc(C#N)cc3)cc(-c3ccc(-c4ccc(C#N)cc4)cc3)c2)n1. The Kier molecular flexibility index (Phi) is 9.01. The Labute approximate surface area is 274 Å². The molecule has 0 unspecified atom stereocenters. The molecule has 222 valence electrons. The normalized spacial score (nSPS) is 11.2. The Bertz CT molecular complexity index is 2200. The van der Waals surface area contributed by atoms with Crippen LogP contribution in [0.15, 0.2) is 152 Å². The first-order valence-electron chi connectivity index (χ1n) is 15.1. The summed E-state index contributed by atoms with van der Waals surface area (Å²) in [5.74, 6) is 1.73. The van der Waals surface area contributed by atoms with Gasteiger partial charge < -0.3 is 0 Å². The van der Waals surface area contributed by atoms with Gasteiger partial charge in [0.15, 0.2) is 17.5 Å². The van der Waals surface area contributed by atoms with Gasteiger partial charge in [-0.25, -0.2) is 15.0 Å². The molecule has 6 aromatic rings. The van der Waals surface area contributed by atoms with Gasteiger partial charge in [0.05, 0.1) is 23.3 Å². The second-order valence-corrected chi connectivity index (χ2v) is 10.9. The molecule has 5 heteroatoms. The standard InChI is InChI=1S/C42H29N5/c1-3-4-6-9-29(2)40-45-41(36-10-7-5-8-11-36)47-42(46-40)39-25-37(34-18-14-31(28-44)15-19-34)24-38(26-39)35-22-20-33(21-23-35)32-16-12-30(27-43)13-17-32/h3-26H,1H2,2H3/b6-4-,29-9+. The average Bonchev–Trinajstić information content (AvgIpc) is 3.15. The third kappa shape index (κ3) is 7.02. The molecular formula is C42H29N5. The summed E-state index contributed by atoms with van der Waals surface area (Å²) in [4.78, 5) is 14.8. The first kappa shape index (κ1) is 30.3. The summed E-state index contributed by atoms with van der Waals surface area (Å²) >= 11 is 0. The number of nitriles is 2. The van der Waals surface area contributed by atoms with E-state index in [0.717, 1.165) is 50.1 Å². The maximum atomic E-state index is 9.37. The van der Waals surface area contributed by atoms with E-state index in [1.807, 2.05) is 104 Å². The first-order valence-corrected chi connectivity index (χ1v) is 15.1. The number of aromatic nitrogens is 3. The highest BCUT2D eigenvalue weighted by Crippen LogP contribution is 2.34. The quantitative estimate of drug-likeness (QED) is 0.162. The molecule has 0 saturated heterocycles. The van der Waals surface area contributed by atoms with Crippen LogP contribution in [-0.2, 0) is 0 Å². The van der Waals surface area contributed by atoms with Crippen molar-refractivity contribution in [2.75, 3.05) is 0 Å². The third-order valence-corrected chi connectivity index (χ3v) is 7.72. The molecule has 0 aliphatic carbocycles. The molecule has 0 amide bonds. The van der Waals surface area contributed by atoms with Crippen molar-refractivity contribution < 1.29 is 0 Å². The van der Waals surface area contributed by atoms with Crippen LogP contribution in [0.5, 0.6) is 0 Å². The van der Waals surface area contributed by atoms with Crippen molar-refractivity contribution in [3.8, 4) is 68.3 Å². The number of benzene rings is 5. The van der Waals surface area contributed by atoms with Gasteiger partial charge in [0.25, 0.3) is 0 Å². The molecule has 0 aliphatic rings. The molecule has 47 heavy (non-hydrogen) atoms. The van der Waals surface area contributed by atoms with Crippen molar-refractivity contribution in [3.63, 3.8) is 0 Å². The molecule has 0 fully saturated rings. The highest BCUT2D eigenvalue weighted by Gasteiger charge is 2.15. The lowest BCUT2D eigenvalue weighted by molar-refractivity contribution is 1.03. The molecule has 0 atom stereocenters. The van der Waals surface area contributed by atoms with Crippen molar-refractivity contribution in [3.05, 3.63) is 169 Å². The highest BCUT2D eigenvalue weighted by molar-refractivity contribution is 5.81. The summed E-state index contributed by atoms with van der Waals surface area (Å²) in [5, 5.41) is 18.5. The Balaban J connectivity index is 1.50. The molecular weight excluding hydrogens is 574 g/mol. The van der Waals surface area contributed by atoms with Gasteiger partial charge in [0.2, 0.25) is 0 Å². The van der Waals surface area contributed by atoms with Gasteiger partial charge in [-0.2, -0.15) is 10.5 Å². The van der Waals surface area contributed by atoms with Gasteiger partial charge in [-0.3, -0.25) is 0 Å². The molecule has 1 aromatic heterocycles. The van der Waals surface area contributed by atoms with Crippen molar-refractivity contribution >= 4 is 5.57 Å². The Morgan fingerprint density at radius 3 is 1.47 bits per heavy atom.